The van der Waals surface area contributed by atoms with Crippen molar-refractivity contribution in [2.24, 2.45) is 4.99 Å². The summed E-state index contributed by atoms with van der Waals surface area (Å²) in [5.74, 6) is 0.0359. The van der Waals surface area contributed by atoms with E-state index in [1.807, 2.05) is 24.2 Å². The molecule has 1 aliphatic heterocycles. The summed E-state index contributed by atoms with van der Waals surface area (Å²) >= 11 is 0. The van der Waals surface area contributed by atoms with Gasteiger partial charge in [0.2, 0.25) is 0 Å². The summed E-state index contributed by atoms with van der Waals surface area (Å²) in [6.07, 6.45) is 6.36. The molecule has 0 N–H and O–H groups in total. The minimum Gasteiger partial charge on any atom is -0.462 e. The van der Waals surface area contributed by atoms with E-state index in [-0.39, 0.29) is 6.17 Å². The Hall–Kier alpha value is -2.11. The summed E-state index contributed by atoms with van der Waals surface area (Å²) < 4.78 is 6.66. The van der Waals surface area contributed by atoms with E-state index >= 15 is 0 Å². The molecular weight excluding hydrogens is 232 g/mol. The van der Waals surface area contributed by atoms with Crippen LogP contribution in [0.1, 0.15) is 29.9 Å². The van der Waals surface area contributed by atoms with Crippen LogP contribution in [-0.2, 0) is 4.74 Å². The first-order chi connectivity index (χ1) is 8.69. The van der Waals surface area contributed by atoms with Gasteiger partial charge in [-0.1, -0.05) is 6.08 Å². The molecule has 2 heterocycles. The molecule has 96 valence electrons. The molecule has 1 unspecified atom stereocenters. The third kappa shape index (κ3) is 2.01. The maximum atomic E-state index is 11.7. The van der Waals surface area contributed by atoms with Crippen LogP contribution >= 0.6 is 0 Å². The monoisotopic (exact) mass is 248 g/mol. The van der Waals surface area contributed by atoms with Gasteiger partial charge in [-0.2, -0.15) is 5.10 Å². The minimum absolute atomic E-state index is 0.0358. The fourth-order valence-corrected chi connectivity index (χ4v) is 1.97. The van der Waals surface area contributed by atoms with Crippen molar-refractivity contribution in [1.29, 1.82) is 0 Å². The largest absolute Gasteiger partial charge is 0.462 e. The Kier molecular flexibility index (Phi) is 3.45. The normalized spacial score (nSPS) is 18.1. The molecule has 0 saturated carbocycles. The van der Waals surface area contributed by atoms with E-state index in [0.717, 1.165) is 6.42 Å². The second kappa shape index (κ2) is 5.03. The van der Waals surface area contributed by atoms with E-state index in [4.69, 9.17) is 4.74 Å². The summed E-state index contributed by atoms with van der Waals surface area (Å²) in [7, 11) is 1.95. The Morgan fingerprint density at radius 1 is 1.72 bits per heavy atom. The Labute approximate surface area is 106 Å². The van der Waals surface area contributed by atoms with Crippen LogP contribution in [0, 0.1) is 0 Å². The molecule has 1 aromatic rings. The zero-order valence-electron chi connectivity index (χ0n) is 10.5. The number of carbonyl (C=O) groups is 1. The maximum absolute atomic E-state index is 11.7. The molecule has 0 radical (unpaired) electrons. The van der Waals surface area contributed by atoms with Crippen LogP contribution in [-0.4, -0.2) is 41.0 Å². The van der Waals surface area contributed by atoms with Crippen LogP contribution in [0.15, 0.2) is 23.5 Å². The van der Waals surface area contributed by atoms with Gasteiger partial charge in [0.25, 0.3) is 0 Å². The van der Waals surface area contributed by atoms with E-state index < -0.39 is 5.97 Å². The van der Waals surface area contributed by atoms with E-state index in [0.29, 0.717) is 18.0 Å². The van der Waals surface area contributed by atoms with E-state index in [2.05, 4.69) is 16.8 Å². The highest BCUT2D eigenvalue weighted by Gasteiger charge is 2.25. The SMILES string of the molecule is C=Nc1c(C(=O)OCC)cnn1C1CC=CN1C. The highest BCUT2D eigenvalue weighted by Crippen LogP contribution is 2.29. The lowest BCUT2D eigenvalue weighted by molar-refractivity contribution is 0.0527. The van der Waals surface area contributed by atoms with Crippen molar-refractivity contribution in [3.05, 3.63) is 24.0 Å². The van der Waals surface area contributed by atoms with Gasteiger partial charge in [-0.25, -0.2) is 14.5 Å². The quantitative estimate of drug-likeness (QED) is 0.601. The molecule has 0 aliphatic carbocycles. The lowest BCUT2D eigenvalue weighted by atomic mass is 10.3. The first-order valence-corrected chi connectivity index (χ1v) is 5.79. The van der Waals surface area contributed by atoms with Crippen LogP contribution < -0.4 is 0 Å². The number of rotatable bonds is 4. The van der Waals surface area contributed by atoms with Crippen LogP contribution in [0.5, 0.6) is 0 Å². The van der Waals surface area contributed by atoms with Crippen LogP contribution in [0.4, 0.5) is 5.82 Å². The summed E-state index contributed by atoms with van der Waals surface area (Å²) in [4.78, 5) is 17.7. The van der Waals surface area contributed by atoms with Crippen molar-refractivity contribution < 1.29 is 9.53 Å². The Balaban J connectivity index is 2.33. The van der Waals surface area contributed by atoms with Crippen molar-refractivity contribution in [2.45, 2.75) is 19.5 Å². The Bertz CT molecular complexity index is 492. The predicted molar refractivity (Wildman–Crippen MR) is 67.9 cm³/mol. The number of esters is 1. The topological polar surface area (TPSA) is 59.7 Å². The average Bonchev–Trinajstić information content (AvgIpc) is 2.94. The van der Waals surface area contributed by atoms with Crippen LogP contribution in [0.3, 0.4) is 0 Å². The van der Waals surface area contributed by atoms with Crippen molar-refractivity contribution in [2.75, 3.05) is 13.7 Å². The standard InChI is InChI=1S/C12H16N4O2/c1-4-18-12(17)9-8-14-16(11(9)13-2)10-6-5-7-15(10)3/h5,7-8,10H,2,4,6H2,1,3H3. The molecule has 0 saturated heterocycles. The molecule has 1 aromatic heterocycles. The van der Waals surface area contributed by atoms with Crippen LogP contribution in [0.2, 0.25) is 0 Å². The second-order valence-electron chi connectivity index (χ2n) is 3.97. The van der Waals surface area contributed by atoms with Gasteiger partial charge in [0.15, 0.2) is 5.82 Å². The minimum atomic E-state index is -0.417. The molecule has 0 aromatic carbocycles. The van der Waals surface area contributed by atoms with Gasteiger partial charge < -0.3 is 9.64 Å². The molecule has 6 nitrogen and oxygen atoms in total. The molecule has 1 aliphatic rings. The van der Waals surface area contributed by atoms with Gasteiger partial charge >= 0.3 is 5.97 Å². The number of hydrogen-bond donors (Lipinski definition) is 0. The first kappa shape index (κ1) is 12.3. The van der Waals surface area contributed by atoms with Crippen molar-refractivity contribution in [1.82, 2.24) is 14.7 Å². The number of aromatic nitrogens is 2. The van der Waals surface area contributed by atoms with E-state index in [1.54, 1.807) is 11.6 Å². The molecule has 0 amide bonds. The van der Waals surface area contributed by atoms with Crippen molar-refractivity contribution in [3.8, 4) is 0 Å². The van der Waals surface area contributed by atoms with Gasteiger partial charge in [0, 0.05) is 13.5 Å². The number of aliphatic imine (C=N–C) groups is 1. The maximum Gasteiger partial charge on any atom is 0.343 e. The van der Waals surface area contributed by atoms with Gasteiger partial charge in [-0.15, -0.1) is 0 Å². The van der Waals surface area contributed by atoms with Crippen LogP contribution in [0.25, 0.3) is 0 Å². The number of ether oxygens (including phenoxy) is 1. The van der Waals surface area contributed by atoms with Gasteiger partial charge in [-0.05, 0) is 19.8 Å². The molecule has 1 atom stereocenters. The third-order valence-corrected chi connectivity index (χ3v) is 2.85. The van der Waals surface area contributed by atoms with E-state index in [1.165, 1.54) is 6.20 Å². The summed E-state index contributed by atoms with van der Waals surface area (Å²) in [5.41, 5.74) is 0.354. The predicted octanol–water partition coefficient (Wildman–Crippen LogP) is 1.74. The zero-order chi connectivity index (χ0) is 13.1. The highest BCUT2D eigenvalue weighted by atomic mass is 16.5. The number of nitrogens with zero attached hydrogens (tertiary/aromatic N) is 4. The molecule has 0 bridgehead atoms. The molecular formula is C12H16N4O2. The first-order valence-electron chi connectivity index (χ1n) is 5.79. The van der Waals surface area contributed by atoms with Crippen molar-refractivity contribution >= 4 is 18.5 Å². The van der Waals surface area contributed by atoms with E-state index in [9.17, 15) is 4.79 Å². The second-order valence-corrected chi connectivity index (χ2v) is 3.97. The lowest BCUT2D eigenvalue weighted by Crippen LogP contribution is -2.21. The Morgan fingerprint density at radius 3 is 3.06 bits per heavy atom. The molecule has 18 heavy (non-hydrogen) atoms. The number of carbonyl (C=O) groups excluding carboxylic acids is 1. The zero-order valence-corrected chi connectivity index (χ0v) is 10.5. The fraction of sp³-hybridized carbons (Fsp3) is 0.417. The molecule has 0 fully saturated rings. The highest BCUT2D eigenvalue weighted by molar-refractivity contribution is 5.94. The van der Waals surface area contributed by atoms with Gasteiger partial charge in [-0.3, -0.25) is 0 Å². The smallest absolute Gasteiger partial charge is 0.343 e. The summed E-state index contributed by atoms with van der Waals surface area (Å²) in [6.45, 7) is 5.59. The third-order valence-electron chi connectivity index (χ3n) is 2.85. The fourth-order valence-electron chi connectivity index (χ4n) is 1.97. The molecule has 6 heteroatoms. The van der Waals surface area contributed by atoms with Crippen molar-refractivity contribution in [3.63, 3.8) is 0 Å². The molecule has 2 rings (SSSR count). The average molecular weight is 248 g/mol. The Morgan fingerprint density at radius 2 is 2.50 bits per heavy atom. The van der Waals surface area contributed by atoms with Gasteiger partial charge in [0.1, 0.15) is 11.7 Å². The lowest BCUT2D eigenvalue weighted by Gasteiger charge is -2.22. The van der Waals surface area contributed by atoms with Gasteiger partial charge in [0.05, 0.1) is 12.8 Å². The molecule has 0 spiro atoms. The summed E-state index contributed by atoms with van der Waals surface area (Å²) in [6, 6.07) is 0. The summed E-state index contributed by atoms with van der Waals surface area (Å²) in [5, 5.41) is 4.22. The number of hydrogen-bond acceptors (Lipinski definition) is 5.